The third-order valence-corrected chi connectivity index (χ3v) is 0.152. The first-order valence-corrected chi connectivity index (χ1v) is 1.19. The fourth-order valence-corrected chi connectivity index (χ4v) is 0. The van der Waals surface area contributed by atoms with Crippen molar-refractivity contribution >= 4 is 138 Å². The van der Waals surface area contributed by atoms with E-state index in [2.05, 4.69) is 0 Å². The Kier molecular flexibility index (Phi) is 19.8. The monoisotopic (exact) mass is 368 g/mol. The largest absolute Gasteiger partial charge is 0.416 e. The summed E-state index contributed by atoms with van der Waals surface area (Å²) in [5.41, 5.74) is 0. The van der Waals surface area contributed by atoms with Crippen LogP contribution in [-0.2, 0) is 0 Å². The molecule has 0 amide bonds. The van der Waals surface area contributed by atoms with Crippen LogP contribution < -0.4 is 0 Å². The van der Waals surface area contributed by atoms with Crippen LogP contribution in [0.1, 0.15) is 0 Å². The predicted octanol–water partition coefficient (Wildman–Crippen LogP) is 0.757. The Balaban J connectivity index is -0.000000125. The Morgan fingerprint density at radius 1 is 1.00 bits per heavy atom. The van der Waals surface area contributed by atoms with Gasteiger partial charge in [-0.3, -0.25) is 0 Å². The number of hydrogen-bond donors (Lipinski definition) is 0. The topological polar surface area (TPSA) is 0 Å². The van der Waals surface area contributed by atoms with Crippen LogP contribution in [0.25, 0.3) is 0 Å². The van der Waals surface area contributed by atoms with Gasteiger partial charge in [0, 0.05) is 138 Å². The van der Waals surface area contributed by atoms with Crippen LogP contribution in [0.5, 0.6) is 0 Å². The van der Waals surface area contributed by atoms with E-state index in [1.54, 1.807) is 0 Å². The molecule has 0 saturated carbocycles. The zero-order chi connectivity index (χ0) is 5.21. The quantitative estimate of drug-likeness (QED) is 0.555. The molecule has 0 aromatic heterocycles. The predicted molar refractivity (Wildman–Crippen MR) is 23.5 cm³/mol. The summed E-state index contributed by atoms with van der Waals surface area (Å²) in [6.45, 7) is -2.23. The van der Waals surface area contributed by atoms with Crippen molar-refractivity contribution in [2.24, 2.45) is 0 Å². The Hall–Kier alpha value is 3.82. The van der Waals surface area contributed by atoms with Gasteiger partial charge in [-0.15, -0.1) is 0 Å². The van der Waals surface area contributed by atoms with Crippen molar-refractivity contribution in [1.82, 2.24) is 0 Å². The Morgan fingerprint density at radius 3 is 1.12 bits per heavy atom. The SMILES string of the molecule is FCC(F)(F)F.[Cs].[Cs]. The molecule has 0 saturated heterocycles. The van der Waals surface area contributed by atoms with Gasteiger partial charge in [0.15, 0.2) is 6.67 Å². The normalized spacial score (nSPS) is 9.00. The first kappa shape index (κ1) is 17.8. The van der Waals surface area contributed by atoms with Crippen LogP contribution in [0.4, 0.5) is 17.6 Å². The number of rotatable bonds is 0. The molecule has 0 atom stereocenters. The zero-order valence-electron chi connectivity index (χ0n) is 4.72. The smallest absolute Gasteiger partial charge is 0.241 e. The number of alkyl halides is 4. The van der Waals surface area contributed by atoms with Gasteiger partial charge in [-0.25, -0.2) is 4.39 Å². The second kappa shape index (κ2) is 8.92. The minimum absolute atomic E-state index is 0. The van der Waals surface area contributed by atoms with Crippen LogP contribution in [-0.4, -0.2) is 151 Å². The minimum Gasteiger partial charge on any atom is -0.241 e. The maximum absolute atomic E-state index is 10.4. The molecule has 0 nitrogen and oxygen atoms in total. The van der Waals surface area contributed by atoms with E-state index in [1.807, 2.05) is 0 Å². The Bertz CT molecular complexity index is 41.8. The van der Waals surface area contributed by atoms with Crippen LogP contribution in [0.2, 0.25) is 0 Å². The third kappa shape index (κ3) is 16.4. The van der Waals surface area contributed by atoms with Gasteiger partial charge in [-0.1, -0.05) is 0 Å². The summed E-state index contributed by atoms with van der Waals surface area (Å²) in [5.74, 6) is 0. The van der Waals surface area contributed by atoms with E-state index in [0.717, 1.165) is 0 Å². The fraction of sp³-hybridized carbons (Fsp3) is 1.00. The van der Waals surface area contributed by atoms with Crippen molar-refractivity contribution < 1.29 is 17.6 Å². The molecule has 0 rings (SSSR count). The summed E-state index contributed by atoms with van der Waals surface area (Å²) in [7, 11) is 0. The van der Waals surface area contributed by atoms with Gasteiger partial charge in [0.05, 0.1) is 0 Å². The molecule has 0 bridgehead atoms. The van der Waals surface area contributed by atoms with Gasteiger partial charge < -0.3 is 0 Å². The van der Waals surface area contributed by atoms with Crippen molar-refractivity contribution in [3.63, 3.8) is 0 Å². The second-order valence-electron chi connectivity index (χ2n) is 0.749. The van der Waals surface area contributed by atoms with E-state index >= 15 is 0 Å². The van der Waals surface area contributed by atoms with Crippen LogP contribution >= 0.6 is 0 Å². The molecule has 0 unspecified atom stereocenters. The molecule has 0 aliphatic carbocycles. The molecule has 40 valence electrons. The summed E-state index contributed by atoms with van der Waals surface area (Å²) in [4.78, 5) is 0. The van der Waals surface area contributed by atoms with Gasteiger partial charge in [-0.05, 0) is 0 Å². The van der Waals surface area contributed by atoms with Gasteiger partial charge >= 0.3 is 6.18 Å². The molecule has 0 aliphatic rings. The molecule has 6 heteroatoms. The molecule has 0 spiro atoms. The van der Waals surface area contributed by atoms with Crippen LogP contribution in [0.15, 0.2) is 0 Å². The van der Waals surface area contributed by atoms with E-state index in [0.29, 0.717) is 0 Å². The number of halogens is 4. The van der Waals surface area contributed by atoms with E-state index < -0.39 is 12.9 Å². The maximum atomic E-state index is 10.4. The number of hydrogen-bond acceptors (Lipinski definition) is 0. The van der Waals surface area contributed by atoms with E-state index in [4.69, 9.17) is 0 Å². The van der Waals surface area contributed by atoms with Gasteiger partial charge in [-0.2, -0.15) is 13.2 Å². The van der Waals surface area contributed by atoms with E-state index in [9.17, 15) is 17.6 Å². The molecule has 2 radical (unpaired) electrons. The van der Waals surface area contributed by atoms with Gasteiger partial charge in [0.1, 0.15) is 0 Å². The summed E-state index contributed by atoms with van der Waals surface area (Å²) >= 11 is 0. The maximum Gasteiger partial charge on any atom is 0.416 e. The molecular weight excluding hydrogens is 366 g/mol. The van der Waals surface area contributed by atoms with Crippen LogP contribution in [0.3, 0.4) is 0 Å². The molecule has 0 N–H and O–H groups in total. The first-order chi connectivity index (χ1) is 2.56. The summed E-state index contributed by atoms with van der Waals surface area (Å²) in [6.07, 6.45) is -4.62. The summed E-state index contributed by atoms with van der Waals surface area (Å²) < 4.78 is 41.6. The van der Waals surface area contributed by atoms with E-state index in [1.165, 1.54) is 0 Å². The standard InChI is InChI=1S/C2H2F4.2Cs/c3-1-2(4,5)6;;/h1H2;;. The molecule has 0 heterocycles. The van der Waals surface area contributed by atoms with Crippen molar-refractivity contribution in [2.75, 3.05) is 6.67 Å². The fourth-order valence-electron chi connectivity index (χ4n) is 0. The molecule has 0 aromatic carbocycles. The van der Waals surface area contributed by atoms with Crippen molar-refractivity contribution in [3.05, 3.63) is 0 Å². The van der Waals surface area contributed by atoms with Crippen molar-refractivity contribution in [2.45, 2.75) is 6.18 Å². The summed E-state index contributed by atoms with van der Waals surface area (Å²) in [5, 5.41) is 0. The Labute approximate surface area is 162 Å². The van der Waals surface area contributed by atoms with Crippen molar-refractivity contribution in [3.8, 4) is 0 Å². The second-order valence-corrected chi connectivity index (χ2v) is 0.749. The van der Waals surface area contributed by atoms with Gasteiger partial charge in [0.2, 0.25) is 0 Å². The molecule has 0 aliphatic heterocycles. The van der Waals surface area contributed by atoms with E-state index in [-0.39, 0.29) is 138 Å². The molecule has 0 fully saturated rings. The van der Waals surface area contributed by atoms with Gasteiger partial charge in [0.25, 0.3) is 0 Å². The third-order valence-electron chi connectivity index (χ3n) is 0.152. The average Bonchev–Trinajstić information content (AvgIpc) is 1.35. The average molecular weight is 368 g/mol. The molecular formula is C2H2Cs2F4. The minimum atomic E-state index is -4.62. The van der Waals surface area contributed by atoms with Crippen molar-refractivity contribution in [1.29, 1.82) is 0 Å². The molecule has 8 heavy (non-hydrogen) atoms. The Morgan fingerprint density at radius 2 is 1.12 bits per heavy atom. The molecule has 0 aromatic rings. The summed E-state index contributed by atoms with van der Waals surface area (Å²) in [6, 6.07) is 0. The first-order valence-electron chi connectivity index (χ1n) is 1.19. The zero-order valence-corrected chi connectivity index (χ0v) is 17.3. The van der Waals surface area contributed by atoms with Crippen LogP contribution in [0, 0.1) is 0 Å².